The Morgan fingerprint density at radius 3 is 2.33 bits per heavy atom. The average molecular weight is 220 g/mol. The molecule has 0 nitrogen and oxygen atoms in total. The van der Waals surface area contributed by atoms with E-state index in [0.29, 0.717) is 4.58 Å². The molecule has 0 aromatic heterocycles. The quantitative estimate of drug-likeness (QED) is 0.461. The maximum absolute atomic E-state index is 2.23. The molecule has 0 N–H and O–H groups in total. The molecule has 0 heterocycles. The highest BCUT2D eigenvalue weighted by molar-refractivity contribution is 8.79. The number of hydrogen-bond acceptors (Lipinski definition) is 3. The largest absolute Gasteiger partial charge is 0.119 e. The number of rotatable bonds is 6. The molecule has 0 bridgehead atoms. The topological polar surface area (TPSA) is 0 Å². The monoisotopic (exact) mass is 220 g/mol. The smallest absolute Gasteiger partial charge is 0.0647 e. The van der Waals surface area contributed by atoms with Crippen molar-refractivity contribution in [2.24, 2.45) is 0 Å². The van der Waals surface area contributed by atoms with Crippen LogP contribution in [0.15, 0.2) is 23.0 Å². The first-order chi connectivity index (χ1) is 5.85. The SMILES string of the molecule is CC=CSSC(CC)SC=CC. The number of hydrogen-bond donors (Lipinski definition) is 0. The van der Waals surface area contributed by atoms with E-state index >= 15 is 0 Å². The van der Waals surface area contributed by atoms with Crippen LogP contribution in [-0.4, -0.2) is 4.58 Å². The van der Waals surface area contributed by atoms with Crippen LogP contribution in [0, 0.1) is 0 Å². The molecule has 0 radical (unpaired) electrons. The van der Waals surface area contributed by atoms with Crippen LogP contribution in [0.2, 0.25) is 0 Å². The van der Waals surface area contributed by atoms with Gasteiger partial charge in [-0.2, -0.15) is 0 Å². The highest BCUT2D eigenvalue weighted by atomic mass is 33.1. The summed E-state index contributed by atoms with van der Waals surface area (Å²) in [5.74, 6) is 0. The minimum Gasteiger partial charge on any atom is -0.119 e. The average Bonchev–Trinajstić information content (AvgIpc) is 2.11. The Morgan fingerprint density at radius 1 is 1.17 bits per heavy atom. The zero-order chi connectivity index (χ0) is 9.23. The van der Waals surface area contributed by atoms with E-state index < -0.39 is 0 Å². The maximum Gasteiger partial charge on any atom is 0.0647 e. The van der Waals surface area contributed by atoms with Crippen molar-refractivity contribution >= 4 is 33.3 Å². The van der Waals surface area contributed by atoms with Gasteiger partial charge < -0.3 is 0 Å². The molecule has 0 aliphatic rings. The van der Waals surface area contributed by atoms with Crippen molar-refractivity contribution in [1.82, 2.24) is 0 Å². The fourth-order valence-electron chi connectivity index (χ4n) is 0.503. The first-order valence-electron chi connectivity index (χ1n) is 4.05. The zero-order valence-electron chi connectivity index (χ0n) is 7.82. The van der Waals surface area contributed by atoms with Gasteiger partial charge in [0, 0.05) is 0 Å². The van der Waals surface area contributed by atoms with Crippen molar-refractivity contribution in [2.75, 3.05) is 0 Å². The second-order valence-electron chi connectivity index (χ2n) is 2.11. The predicted molar refractivity (Wildman–Crippen MR) is 66.5 cm³/mol. The van der Waals surface area contributed by atoms with Crippen molar-refractivity contribution < 1.29 is 0 Å². The zero-order valence-corrected chi connectivity index (χ0v) is 10.3. The summed E-state index contributed by atoms with van der Waals surface area (Å²) in [7, 11) is 3.75. The molecule has 0 spiro atoms. The highest BCUT2D eigenvalue weighted by Gasteiger charge is 2.03. The molecule has 0 aliphatic heterocycles. The normalized spacial score (nSPS) is 14.6. The summed E-state index contributed by atoms with van der Waals surface area (Å²) in [6.07, 6.45) is 5.38. The van der Waals surface area contributed by atoms with Crippen LogP contribution in [0.1, 0.15) is 27.2 Å². The molecule has 0 fully saturated rings. The minimum absolute atomic E-state index is 0.683. The van der Waals surface area contributed by atoms with E-state index in [2.05, 4.69) is 36.8 Å². The Balaban J connectivity index is 3.52. The summed E-state index contributed by atoms with van der Waals surface area (Å²) in [6.45, 7) is 6.33. The lowest BCUT2D eigenvalue weighted by atomic mass is 10.6. The van der Waals surface area contributed by atoms with Gasteiger partial charge in [0.2, 0.25) is 0 Å². The van der Waals surface area contributed by atoms with Crippen LogP contribution in [0.25, 0.3) is 0 Å². The van der Waals surface area contributed by atoms with Gasteiger partial charge >= 0.3 is 0 Å². The second kappa shape index (κ2) is 9.62. The van der Waals surface area contributed by atoms with Gasteiger partial charge in [-0.15, -0.1) is 11.8 Å². The van der Waals surface area contributed by atoms with Gasteiger partial charge in [-0.05, 0) is 31.1 Å². The predicted octanol–water partition coefficient (Wildman–Crippen LogP) is 4.90. The fourth-order valence-corrected chi connectivity index (χ4v) is 3.96. The lowest BCUT2D eigenvalue weighted by molar-refractivity contribution is 1.06. The Labute approximate surface area is 88.0 Å². The van der Waals surface area contributed by atoms with E-state index in [4.69, 9.17) is 0 Å². The number of allylic oxidation sites excluding steroid dienone is 2. The summed E-state index contributed by atoms with van der Waals surface area (Å²) >= 11 is 1.90. The molecule has 0 saturated heterocycles. The van der Waals surface area contributed by atoms with Crippen LogP contribution in [0.5, 0.6) is 0 Å². The van der Waals surface area contributed by atoms with Crippen LogP contribution in [0.3, 0.4) is 0 Å². The van der Waals surface area contributed by atoms with Gasteiger partial charge in [-0.1, -0.05) is 40.7 Å². The third-order valence-corrected chi connectivity index (χ3v) is 5.51. The molecule has 1 atom stereocenters. The summed E-state index contributed by atoms with van der Waals surface area (Å²) in [5.41, 5.74) is 0. The highest BCUT2D eigenvalue weighted by Crippen LogP contribution is 2.36. The molecule has 0 aromatic carbocycles. The maximum atomic E-state index is 2.23. The van der Waals surface area contributed by atoms with Crippen LogP contribution >= 0.6 is 33.3 Å². The first-order valence-corrected chi connectivity index (χ1v) is 7.27. The summed E-state index contributed by atoms with van der Waals surface area (Å²) < 4.78 is 0.683. The summed E-state index contributed by atoms with van der Waals surface area (Å²) in [6, 6.07) is 0. The Kier molecular flexibility index (Phi) is 10.0. The molecule has 1 unspecified atom stereocenters. The second-order valence-corrected chi connectivity index (χ2v) is 5.90. The van der Waals surface area contributed by atoms with Crippen molar-refractivity contribution in [1.29, 1.82) is 0 Å². The summed E-state index contributed by atoms with van der Waals surface area (Å²) in [4.78, 5) is 0. The van der Waals surface area contributed by atoms with Gasteiger partial charge in [-0.3, -0.25) is 0 Å². The van der Waals surface area contributed by atoms with Gasteiger partial charge in [0.25, 0.3) is 0 Å². The molecule has 3 heteroatoms. The van der Waals surface area contributed by atoms with Crippen LogP contribution in [0.4, 0.5) is 0 Å². The van der Waals surface area contributed by atoms with Crippen LogP contribution < -0.4 is 0 Å². The van der Waals surface area contributed by atoms with Gasteiger partial charge in [0.05, 0.1) is 4.58 Å². The van der Waals surface area contributed by atoms with E-state index in [1.54, 1.807) is 0 Å². The third-order valence-electron chi connectivity index (χ3n) is 1.05. The van der Waals surface area contributed by atoms with Crippen molar-refractivity contribution in [3.63, 3.8) is 0 Å². The van der Waals surface area contributed by atoms with E-state index in [9.17, 15) is 0 Å². The first kappa shape index (κ1) is 12.5. The van der Waals surface area contributed by atoms with Gasteiger partial charge in [0.1, 0.15) is 0 Å². The molecule has 0 aliphatic carbocycles. The van der Waals surface area contributed by atoms with Crippen molar-refractivity contribution in [3.8, 4) is 0 Å². The van der Waals surface area contributed by atoms with E-state index in [-0.39, 0.29) is 0 Å². The van der Waals surface area contributed by atoms with Gasteiger partial charge in [-0.25, -0.2) is 0 Å². The number of thioether (sulfide) groups is 1. The molecular weight excluding hydrogens is 204 g/mol. The lowest BCUT2D eigenvalue weighted by Gasteiger charge is -2.08. The van der Waals surface area contributed by atoms with E-state index in [0.717, 1.165) is 0 Å². The minimum atomic E-state index is 0.683. The molecule has 0 rings (SSSR count). The molecule has 0 saturated carbocycles. The summed E-state index contributed by atoms with van der Waals surface area (Å²) in [5, 5.41) is 4.29. The van der Waals surface area contributed by atoms with E-state index in [1.807, 2.05) is 40.3 Å². The Bertz CT molecular complexity index is 141. The fraction of sp³-hybridized carbons (Fsp3) is 0.556. The Hall–Kier alpha value is 0.530. The molecular formula is C9H16S3. The third kappa shape index (κ3) is 7.19. The van der Waals surface area contributed by atoms with Crippen LogP contribution in [-0.2, 0) is 0 Å². The van der Waals surface area contributed by atoms with Gasteiger partial charge in [0.15, 0.2) is 0 Å². The molecule has 12 heavy (non-hydrogen) atoms. The lowest BCUT2D eigenvalue weighted by Crippen LogP contribution is -1.87. The van der Waals surface area contributed by atoms with Crippen molar-refractivity contribution in [2.45, 2.75) is 31.8 Å². The molecule has 70 valence electrons. The Morgan fingerprint density at radius 2 is 1.83 bits per heavy atom. The standard InChI is InChI=1S/C9H16S3/c1-4-7-10-9(6-3)12-11-8-5-2/h4-5,7-9H,6H2,1-3H3. The molecule has 0 aromatic rings. The molecule has 0 amide bonds. The van der Waals surface area contributed by atoms with Crippen molar-refractivity contribution in [3.05, 3.63) is 23.0 Å². The van der Waals surface area contributed by atoms with E-state index in [1.165, 1.54) is 6.42 Å².